The van der Waals surface area contributed by atoms with Gasteiger partial charge in [0.05, 0.1) is 6.54 Å². The molecule has 0 spiro atoms. The van der Waals surface area contributed by atoms with Gasteiger partial charge in [0.2, 0.25) is 11.8 Å². The van der Waals surface area contributed by atoms with Crippen LogP contribution in [0.3, 0.4) is 0 Å². The zero-order valence-electron chi connectivity index (χ0n) is 33.8. The monoisotopic (exact) mass is 786 g/mol. The van der Waals surface area contributed by atoms with E-state index in [4.69, 9.17) is 10.3 Å². The first-order chi connectivity index (χ1) is 29.4. The Balaban J connectivity index is 1.10. The second kappa shape index (κ2) is 16.6. The average Bonchev–Trinajstić information content (AvgIpc) is 3.73. The Kier molecular flexibility index (Phi) is 10.6. The summed E-state index contributed by atoms with van der Waals surface area (Å²) in [7, 11) is 0. The number of rotatable bonds is 11. The molecule has 296 valence electrons. The summed E-state index contributed by atoms with van der Waals surface area (Å²) in [4.78, 5) is 29.3. The number of aryl methyl sites for hydroxylation is 1. The van der Waals surface area contributed by atoms with Crippen molar-refractivity contribution in [2.75, 3.05) is 4.90 Å². The summed E-state index contributed by atoms with van der Waals surface area (Å²) in [5.41, 5.74) is 8.01. The van der Waals surface area contributed by atoms with E-state index in [1.165, 1.54) is 0 Å². The maximum atomic E-state index is 14.4. The van der Waals surface area contributed by atoms with Crippen LogP contribution in [-0.4, -0.2) is 38.1 Å². The Labute approximate surface area is 350 Å². The van der Waals surface area contributed by atoms with Crippen LogP contribution in [0.4, 0.5) is 5.69 Å². The average molecular weight is 787 g/mol. The number of hydrogen-bond acceptors (Lipinski definition) is 5. The van der Waals surface area contributed by atoms with Gasteiger partial charge in [0.1, 0.15) is 11.6 Å². The van der Waals surface area contributed by atoms with E-state index in [9.17, 15) is 9.59 Å². The van der Waals surface area contributed by atoms with Crippen LogP contribution in [0.1, 0.15) is 54.5 Å². The van der Waals surface area contributed by atoms with Crippen LogP contribution in [0, 0.1) is 5.92 Å². The number of benzene rings is 7. The molecule has 0 radical (unpaired) electrons. The minimum atomic E-state index is -0.896. The topological polar surface area (TPSA) is 93.0 Å². The zero-order chi connectivity index (χ0) is 41.1. The van der Waals surface area contributed by atoms with Crippen LogP contribution < -0.4 is 10.2 Å². The van der Waals surface area contributed by atoms with Crippen LogP contribution in [-0.2, 0) is 28.1 Å². The van der Waals surface area contributed by atoms with E-state index in [1.54, 1.807) is 0 Å². The highest BCUT2D eigenvalue weighted by atomic mass is 16.2. The molecule has 1 aliphatic heterocycles. The van der Waals surface area contributed by atoms with Crippen molar-refractivity contribution in [3.05, 3.63) is 204 Å². The summed E-state index contributed by atoms with van der Waals surface area (Å²) in [5.74, 6) is 0.622. The number of aromatic nitrogens is 4. The maximum absolute atomic E-state index is 14.4. The first-order valence-corrected chi connectivity index (χ1v) is 20.7. The van der Waals surface area contributed by atoms with Crippen LogP contribution in [0.5, 0.6) is 0 Å². The summed E-state index contributed by atoms with van der Waals surface area (Å²) in [5, 5.41) is 19.2. The van der Waals surface area contributed by atoms with Crippen molar-refractivity contribution in [2.24, 2.45) is 5.92 Å². The van der Waals surface area contributed by atoms with Crippen LogP contribution in [0.25, 0.3) is 33.3 Å². The molecular formula is C52H46N6O2. The van der Waals surface area contributed by atoms with Crippen molar-refractivity contribution >= 4 is 28.3 Å². The van der Waals surface area contributed by atoms with E-state index in [2.05, 4.69) is 144 Å². The number of anilines is 1. The van der Waals surface area contributed by atoms with Gasteiger partial charge < -0.3 is 10.2 Å². The fraction of sp³-hybridized carbons (Fsp3) is 0.173. The van der Waals surface area contributed by atoms with E-state index in [1.807, 2.05) is 65.9 Å². The van der Waals surface area contributed by atoms with Gasteiger partial charge in [-0.25, -0.2) is 4.68 Å². The fourth-order valence-electron chi connectivity index (χ4n) is 8.87. The first kappa shape index (κ1) is 38.3. The predicted octanol–water partition coefficient (Wildman–Crippen LogP) is 10.0. The molecule has 1 N–H and O–H groups in total. The van der Waals surface area contributed by atoms with Crippen LogP contribution in [0.15, 0.2) is 176 Å². The molecule has 8 heteroatoms. The third-order valence-corrected chi connectivity index (χ3v) is 11.6. The maximum Gasteiger partial charge on any atom is 0.249 e. The summed E-state index contributed by atoms with van der Waals surface area (Å²) < 4.78 is 1.96. The van der Waals surface area contributed by atoms with Crippen molar-refractivity contribution in [1.82, 2.24) is 25.5 Å². The number of nitrogens with one attached hydrogen (secondary N) is 1. The number of nitrogens with zero attached hydrogens (tertiary/aromatic N) is 5. The van der Waals surface area contributed by atoms with Crippen LogP contribution >= 0.6 is 0 Å². The molecule has 8 aromatic rings. The Hall–Kier alpha value is -7.19. The van der Waals surface area contributed by atoms with Gasteiger partial charge in [0, 0.05) is 17.7 Å². The van der Waals surface area contributed by atoms with Gasteiger partial charge in [-0.15, -0.1) is 5.10 Å². The van der Waals surface area contributed by atoms with Gasteiger partial charge in [0.25, 0.3) is 0 Å². The van der Waals surface area contributed by atoms with Crippen molar-refractivity contribution in [3.8, 4) is 22.5 Å². The standard InChI is InChI=1S/C52H46N6O2/c1-36(2)34-49(59)53-47-32-31-45-43-23-13-12-16-38(43)30-33-48(45)57(51(47)60)35-37-26-28-39(29-27-37)44-24-14-15-25-46(44)50-54-55-56-58(50)52(40-17-6-3-7-18-40,41-19-8-4-9-20-41)42-21-10-5-11-22-42/h3-30,33,36,47H,31-32,34-35H2,1-2H3,(H,53,59). The van der Waals surface area contributed by atoms with Crippen molar-refractivity contribution in [2.45, 2.75) is 51.2 Å². The first-order valence-electron chi connectivity index (χ1n) is 20.7. The molecule has 60 heavy (non-hydrogen) atoms. The number of amides is 2. The fourth-order valence-corrected chi connectivity index (χ4v) is 8.87. The lowest BCUT2D eigenvalue weighted by molar-refractivity contribution is -0.128. The van der Waals surface area contributed by atoms with Gasteiger partial charge in [-0.2, -0.15) is 0 Å². The minimum absolute atomic E-state index is 0.0956. The number of carbonyl (C=O) groups is 2. The molecule has 0 aliphatic carbocycles. The quantitative estimate of drug-likeness (QED) is 0.132. The second-order valence-electron chi connectivity index (χ2n) is 15.9. The third kappa shape index (κ3) is 7.15. The van der Waals surface area contributed by atoms with Crippen molar-refractivity contribution < 1.29 is 9.59 Å². The summed E-state index contributed by atoms with van der Waals surface area (Å²) in [6, 6.07) is 59.6. The predicted molar refractivity (Wildman–Crippen MR) is 238 cm³/mol. The van der Waals surface area contributed by atoms with Gasteiger partial charge in [-0.3, -0.25) is 9.59 Å². The third-order valence-electron chi connectivity index (χ3n) is 11.6. The molecule has 0 saturated heterocycles. The highest BCUT2D eigenvalue weighted by Crippen LogP contribution is 2.43. The Bertz CT molecular complexity index is 2670. The molecule has 1 atom stereocenters. The smallest absolute Gasteiger partial charge is 0.249 e. The lowest BCUT2D eigenvalue weighted by Gasteiger charge is -2.36. The van der Waals surface area contributed by atoms with Crippen molar-refractivity contribution in [1.29, 1.82) is 0 Å². The highest BCUT2D eigenvalue weighted by molar-refractivity contribution is 6.03. The largest absolute Gasteiger partial charge is 0.344 e. The minimum Gasteiger partial charge on any atom is -0.344 e. The number of hydrogen-bond donors (Lipinski definition) is 1. The van der Waals surface area contributed by atoms with E-state index in [0.29, 0.717) is 31.6 Å². The van der Waals surface area contributed by atoms with Gasteiger partial charge in [-0.1, -0.05) is 184 Å². The molecule has 0 fully saturated rings. The molecule has 8 nitrogen and oxygen atoms in total. The molecule has 0 bridgehead atoms. The second-order valence-corrected chi connectivity index (χ2v) is 15.9. The molecule has 1 aromatic heterocycles. The van der Waals surface area contributed by atoms with E-state index < -0.39 is 11.6 Å². The molecule has 0 saturated carbocycles. The van der Waals surface area contributed by atoms with E-state index in [-0.39, 0.29) is 17.7 Å². The molecule has 1 aliphatic rings. The lowest BCUT2D eigenvalue weighted by Crippen LogP contribution is -2.48. The normalized spacial score (nSPS) is 14.2. The number of tetrazole rings is 1. The molecule has 1 unspecified atom stereocenters. The molecule has 7 aromatic carbocycles. The van der Waals surface area contributed by atoms with E-state index in [0.717, 1.165) is 61.0 Å². The molecule has 2 amide bonds. The van der Waals surface area contributed by atoms with Crippen LogP contribution in [0.2, 0.25) is 0 Å². The lowest BCUT2D eigenvalue weighted by atomic mass is 9.77. The van der Waals surface area contributed by atoms with Crippen molar-refractivity contribution in [3.63, 3.8) is 0 Å². The molecule has 9 rings (SSSR count). The Morgan fingerprint density at radius 3 is 1.92 bits per heavy atom. The van der Waals surface area contributed by atoms with Gasteiger partial charge >= 0.3 is 0 Å². The summed E-state index contributed by atoms with van der Waals surface area (Å²) in [6.45, 7) is 4.38. The Morgan fingerprint density at radius 2 is 1.28 bits per heavy atom. The van der Waals surface area contributed by atoms with Gasteiger partial charge in [0.15, 0.2) is 5.82 Å². The highest BCUT2D eigenvalue weighted by Gasteiger charge is 2.42. The SMILES string of the molecule is CC(C)CC(=O)NC1CCc2c(ccc3ccccc23)N(Cc2ccc(-c3ccccc3-c3nnnn3C(c3ccccc3)(c3ccccc3)c3ccccc3)cc2)C1=O. The Morgan fingerprint density at radius 1 is 0.700 bits per heavy atom. The number of carbonyl (C=O) groups excluding carboxylic acids is 2. The van der Waals surface area contributed by atoms with E-state index >= 15 is 0 Å². The zero-order valence-corrected chi connectivity index (χ0v) is 33.8. The summed E-state index contributed by atoms with van der Waals surface area (Å²) in [6.07, 6.45) is 1.59. The number of fused-ring (bicyclic) bond motifs is 3. The molecular weight excluding hydrogens is 741 g/mol. The van der Waals surface area contributed by atoms with Gasteiger partial charge in [-0.05, 0) is 85.0 Å². The summed E-state index contributed by atoms with van der Waals surface area (Å²) >= 11 is 0. The molecule has 2 heterocycles.